The van der Waals surface area contributed by atoms with E-state index in [-0.39, 0.29) is 12.0 Å². The summed E-state index contributed by atoms with van der Waals surface area (Å²) in [4.78, 5) is 16.8. The molecule has 1 unspecified atom stereocenters. The number of aromatic nitrogens is 3. The van der Waals surface area contributed by atoms with Gasteiger partial charge in [-0.2, -0.15) is 18.3 Å². The molecule has 1 aliphatic rings. The molecular formula is C20H19F3N4O2. The number of hydrogen-bond donors (Lipinski definition) is 1. The lowest BCUT2D eigenvalue weighted by Crippen LogP contribution is -2.32. The van der Waals surface area contributed by atoms with Crippen LogP contribution < -0.4 is 5.32 Å². The molecule has 0 aliphatic carbocycles. The van der Waals surface area contributed by atoms with Gasteiger partial charge in [-0.1, -0.05) is 12.1 Å². The van der Waals surface area contributed by atoms with E-state index in [0.717, 1.165) is 25.0 Å². The van der Waals surface area contributed by atoms with E-state index >= 15 is 0 Å². The van der Waals surface area contributed by atoms with E-state index in [9.17, 15) is 18.0 Å². The third-order valence-electron chi connectivity index (χ3n) is 5.03. The molecule has 4 rings (SSSR count). The minimum Gasteiger partial charge on any atom is -0.376 e. The van der Waals surface area contributed by atoms with Crippen molar-refractivity contribution in [2.45, 2.75) is 32.0 Å². The number of nitrogens with zero attached hydrogens (tertiary/aromatic N) is 3. The predicted octanol–water partition coefficient (Wildman–Crippen LogP) is 3.63. The number of benzene rings is 1. The second kappa shape index (κ2) is 7.47. The Bertz CT molecular complexity index is 1060. The van der Waals surface area contributed by atoms with Crippen LogP contribution >= 0.6 is 0 Å². The Morgan fingerprint density at radius 1 is 1.34 bits per heavy atom. The minimum absolute atomic E-state index is 0.0214. The van der Waals surface area contributed by atoms with Gasteiger partial charge in [-0.3, -0.25) is 4.79 Å². The van der Waals surface area contributed by atoms with E-state index in [1.807, 2.05) is 0 Å². The van der Waals surface area contributed by atoms with Crippen LogP contribution in [0, 0.1) is 6.92 Å². The Morgan fingerprint density at radius 2 is 2.17 bits per heavy atom. The fourth-order valence-corrected chi connectivity index (χ4v) is 3.44. The molecule has 1 atom stereocenters. The first-order valence-corrected chi connectivity index (χ1v) is 9.25. The lowest BCUT2D eigenvalue weighted by atomic mass is 10.1. The van der Waals surface area contributed by atoms with Crippen LogP contribution in [-0.2, 0) is 10.9 Å². The van der Waals surface area contributed by atoms with Gasteiger partial charge in [0.2, 0.25) is 0 Å². The first-order chi connectivity index (χ1) is 13.8. The van der Waals surface area contributed by atoms with E-state index in [4.69, 9.17) is 4.74 Å². The Balaban J connectivity index is 1.63. The molecule has 1 aromatic carbocycles. The zero-order valence-electron chi connectivity index (χ0n) is 15.7. The molecule has 1 saturated heterocycles. The van der Waals surface area contributed by atoms with Crippen LogP contribution in [0.1, 0.15) is 34.5 Å². The topological polar surface area (TPSA) is 68.5 Å². The molecular weight excluding hydrogens is 385 g/mol. The molecule has 152 valence electrons. The second-order valence-electron chi connectivity index (χ2n) is 6.97. The Kier molecular flexibility index (Phi) is 4.99. The molecule has 1 aliphatic heterocycles. The number of rotatable bonds is 4. The van der Waals surface area contributed by atoms with Gasteiger partial charge in [-0.25, -0.2) is 9.50 Å². The minimum atomic E-state index is -4.43. The van der Waals surface area contributed by atoms with E-state index < -0.39 is 11.7 Å². The van der Waals surface area contributed by atoms with Gasteiger partial charge >= 0.3 is 6.18 Å². The van der Waals surface area contributed by atoms with Gasteiger partial charge < -0.3 is 10.1 Å². The fraction of sp³-hybridized carbons (Fsp3) is 0.350. The standard InChI is InChI=1S/C20H19F3N4O2/c1-12-16(19(28)25-9-15-6-3-7-29-15)10-24-18-17(11-26-27(12)18)13-4-2-5-14(8-13)20(21,22)23/h2,4-5,8,10-11,15H,3,6-7,9H2,1H3,(H,25,28). The van der Waals surface area contributed by atoms with Gasteiger partial charge in [0.25, 0.3) is 5.91 Å². The van der Waals surface area contributed by atoms with Crippen LogP contribution in [0.25, 0.3) is 16.8 Å². The zero-order valence-corrected chi connectivity index (χ0v) is 15.7. The number of hydrogen-bond acceptors (Lipinski definition) is 4. The largest absolute Gasteiger partial charge is 0.416 e. The van der Waals surface area contributed by atoms with Gasteiger partial charge in [0.1, 0.15) is 0 Å². The first-order valence-electron chi connectivity index (χ1n) is 9.25. The predicted molar refractivity (Wildman–Crippen MR) is 99.5 cm³/mol. The highest BCUT2D eigenvalue weighted by molar-refractivity contribution is 5.95. The highest BCUT2D eigenvalue weighted by Crippen LogP contribution is 2.33. The maximum absolute atomic E-state index is 13.0. The lowest BCUT2D eigenvalue weighted by Gasteiger charge is -2.12. The normalized spacial score (nSPS) is 17.0. The molecule has 9 heteroatoms. The number of ether oxygens (including phenoxy) is 1. The summed E-state index contributed by atoms with van der Waals surface area (Å²) in [6.07, 6.45) is 0.367. The monoisotopic (exact) mass is 404 g/mol. The second-order valence-corrected chi connectivity index (χ2v) is 6.97. The number of nitrogens with one attached hydrogen (secondary N) is 1. The fourth-order valence-electron chi connectivity index (χ4n) is 3.44. The lowest BCUT2D eigenvalue weighted by molar-refractivity contribution is -0.137. The molecule has 1 fully saturated rings. The van der Waals surface area contributed by atoms with Crippen LogP contribution in [0.15, 0.2) is 36.7 Å². The number of carbonyl (C=O) groups excluding carboxylic acids is 1. The third kappa shape index (κ3) is 3.82. The van der Waals surface area contributed by atoms with E-state index in [0.29, 0.717) is 41.2 Å². The summed E-state index contributed by atoms with van der Waals surface area (Å²) in [6.45, 7) is 2.85. The summed E-state index contributed by atoms with van der Waals surface area (Å²) in [6, 6.07) is 5.01. The molecule has 0 saturated carbocycles. The number of alkyl halides is 3. The highest BCUT2D eigenvalue weighted by atomic mass is 19.4. The van der Waals surface area contributed by atoms with E-state index in [1.165, 1.54) is 23.0 Å². The zero-order chi connectivity index (χ0) is 20.6. The van der Waals surface area contributed by atoms with Crippen molar-refractivity contribution in [2.24, 2.45) is 0 Å². The van der Waals surface area contributed by atoms with Gasteiger partial charge in [0, 0.05) is 24.9 Å². The summed E-state index contributed by atoms with van der Waals surface area (Å²) < 4.78 is 46.0. The van der Waals surface area contributed by atoms with Gasteiger partial charge in [0.05, 0.1) is 29.1 Å². The van der Waals surface area contributed by atoms with E-state index in [2.05, 4.69) is 15.4 Å². The van der Waals surface area contributed by atoms with Crippen molar-refractivity contribution in [3.63, 3.8) is 0 Å². The smallest absolute Gasteiger partial charge is 0.376 e. The third-order valence-corrected chi connectivity index (χ3v) is 5.03. The molecule has 1 amide bonds. The molecule has 0 radical (unpaired) electrons. The summed E-state index contributed by atoms with van der Waals surface area (Å²) in [7, 11) is 0. The van der Waals surface area contributed by atoms with Gasteiger partial charge in [0.15, 0.2) is 5.65 Å². The summed E-state index contributed by atoms with van der Waals surface area (Å²) in [5.74, 6) is -0.288. The SMILES string of the molecule is Cc1c(C(=O)NCC2CCCO2)cnc2c(-c3cccc(C(F)(F)F)c3)cnn12. The molecule has 1 N–H and O–H groups in total. The average molecular weight is 404 g/mol. The Morgan fingerprint density at radius 3 is 2.90 bits per heavy atom. The van der Waals surface area contributed by atoms with Crippen molar-refractivity contribution in [1.82, 2.24) is 19.9 Å². The first kappa shape index (κ1) is 19.4. The molecule has 0 bridgehead atoms. The molecule has 0 spiro atoms. The van der Waals surface area contributed by atoms with Crippen LogP contribution in [-0.4, -0.2) is 39.8 Å². The van der Waals surface area contributed by atoms with Crippen molar-refractivity contribution in [2.75, 3.05) is 13.2 Å². The van der Waals surface area contributed by atoms with Crippen LogP contribution in [0.5, 0.6) is 0 Å². The van der Waals surface area contributed by atoms with Gasteiger partial charge in [-0.05, 0) is 37.5 Å². The number of fused-ring (bicyclic) bond motifs is 1. The number of halogens is 3. The Hall–Kier alpha value is -2.94. The summed E-state index contributed by atoms with van der Waals surface area (Å²) in [5.41, 5.74) is 1.38. The van der Waals surface area contributed by atoms with Crippen LogP contribution in [0.3, 0.4) is 0 Å². The van der Waals surface area contributed by atoms with Crippen molar-refractivity contribution in [3.8, 4) is 11.1 Å². The average Bonchev–Trinajstić information content (AvgIpc) is 3.36. The van der Waals surface area contributed by atoms with Crippen molar-refractivity contribution >= 4 is 11.6 Å². The van der Waals surface area contributed by atoms with Crippen molar-refractivity contribution in [3.05, 3.63) is 53.5 Å². The number of aryl methyl sites for hydroxylation is 1. The molecule has 29 heavy (non-hydrogen) atoms. The highest BCUT2D eigenvalue weighted by Gasteiger charge is 2.30. The van der Waals surface area contributed by atoms with Crippen molar-refractivity contribution in [1.29, 1.82) is 0 Å². The molecule has 3 heterocycles. The summed E-state index contributed by atoms with van der Waals surface area (Å²) in [5, 5.41) is 7.07. The maximum Gasteiger partial charge on any atom is 0.416 e. The number of amides is 1. The molecule has 3 aromatic rings. The summed E-state index contributed by atoms with van der Waals surface area (Å²) >= 11 is 0. The molecule has 6 nitrogen and oxygen atoms in total. The van der Waals surface area contributed by atoms with Crippen LogP contribution in [0.4, 0.5) is 13.2 Å². The van der Waals surface area contributed by atoms with E-state index in [1.54, 1.807) is 13.0 Å². The van der Waals surface area contributed by atoms with Crippen molar-refractivity contribution < 1.29 is 22.7 Å². The Labute approximate surface area is 164 Å². The quantitative estimate of drug-likeness (QED) is 0.721. The number of carbonyl (C=O) groups is 1. The maximum atomic E-state index is 13.0. The molecule has 2 aromatic heterocycles. The van der Waals surface area contributed by atoms with Gasteiger partial charge in [-0.15, -0.1) is 0 Å². The van der Waals surface area contributed by atoms with Crippen LogP contribution in [0.2, 0.25) is 0 Å².